The van der Waals surface area contributed by atoms with Crippen LogP contribution in [0.5, 0.6) is 5.75 Å². The molecular formula is C15H22NNaO4. The number of benzene rings is 1. The number of carboxylic acid groups (broad SMARTS) is 1. The van der Waals surface area contributed by atoms with Crippen molar-refractivity contribution in [2.75, 3.05) is 13.2 Å². The summed E-state index contributed by atoms with van der Waals surface area (Å²) in [4.78, 5) is 10.4. The van der Waals surface area contributed by atoms with Crippen LogP contribution in [0.4, 0.5) is 0 Å². The molecule has 0 aromatic heterocycles. The van der Waals surface area contributed by atoms with Gasteiger partial charge < -0.3 is 25.1 Å². The zero-order valence-electron chi connectivity index (χ0n) is 13.0. The van der Waals surface area contributed by atoms with Crippen LogP contribution in [-0.4, -0.2) is 36.4 Å². The SMILES string of the molecule is CC(C)NCC(O)COc1ccc(CCC(=O)[O-])cc1.[Na+]. The third kappa shape index (κ3) is 9.87. The summed E-state index contributed by atoms with van der Waals surface area (Å²) in [5, 5.41) is 23.2. The normalized spacial score (nSPS) is 11.8. The maximum absolute atomic E-state index is 10.4. The Labute approximate surface area is 148 Å². The van der Waals surface area contributed by atoms with E-state index >= 15 is 0 Å². The quantitative estimate of drug-likeness (QED) is 0.479. The monoisotopic (exact) mass is 303 g/mol. The van der Waals surface area contributed by atoms with Gasteiger partial charge in [0.1, 0.15) is 18.5 Å². The smallest absolute Gasteiger partial charge is 0.550 e. The second-order valence-corrected chi connectivity index (χ2v) is 5.04. The van der Waals surface area contributed by atoms with E-state index in [-0.39, 0.29) is 42.6 Å². The zero-order chi connectivity index (χ0) is 15.0. The van der Waals surface area contributed by atoms with Crippen molar-refractivity contribution in [1.82, 2.24) is 5.32 Å². The van der Waals surface area contributed by atoms with E-state index in [0.29, 0.717) is 24.8 Å². The van der Waals surface area contributed by atoms with E-state index < -0.39 is 12.1 Å². The van der Waals surface area contributed by atoms with Crippen molar-refractivity contribution in [2.24, 2.45) is 0 Å². The molecule has 1 aromatic carbocycles. The van der Waals surface area contributed by atoms with E-state index in [2.05, 4.69) is 5.32 Å². The van der Waals surface area contributed by atoms with Gasteiger partial charge in [0.15, 0.2) is 0 Å². The molecule has 21 heavy (non-hydrogen) atoms. The Kier molecular flexibility index (Phi) is 10.7. The van der Waals surface area contributed by atoms with Gasteiger partial charge in [0, 0.05) is 18.6 Å². The van der Waals surface area contributed by atoms with Crippen LogP contribution in [0.3, 0.4) is 0 Å². The van der Waals surface area contributed by atoms with E-state index in [1.807, 2.05) is 26.0 Å². The zero-order valence-corrected chi connectivity index (χ0v) is 15.0. The van der Waals surface area contributed by atoms with Crippen LogP contribution < -0.4 is 44.7 Å². The van der Waals surface area contributed by atoms with E-state index in [9.17, 15) is 15.0 Å². The van der Waals surface area contributed by atoms with Gasteiger partial charge in [-0.3, -0.25) is 0 Å². The molecule has 0 bridgehead atoms. The van der Waals surface area contributed by atoms with Crippen molar-refractivity contribution in [3.63, 3.8) is 0 Å². The molecule has 0 saturated carbocycles. The summed E-state index contributed by atoms with van der Waals surface area (Å²) >= 11 is 0. The maximum atomic E-state index is 10.4. The fourth-order valence-electron chi connectivity index (χ4n) is 1.62. The van der Waals surface area contributed by atoms with Crippen molar-refractivity contribution in [3.8, 4) is 5.75 Å². The molecule has 0 aliphatic heterocycles. The molecule has 1 atom stereocenters. The first-order valence-corrected chi connectivity index (χ1v) is 6.80. The van der Waals surface area contributed by atoms with Crippen molar-refractivity contribution in [3.05, 3.63) is 29.8 Å². The van der Waals surface area contributed by atoms with E-state index in [4.69, 9.17) is 4.74 Å². The van der Waals surface area contributed by atoms with Gasteiger partial charge >= 0.3 is 29.6 Å². The number of hydrogen-bond donors (Lipinski definition) is 2. The average molecular weight is 303 g/mol. The van der Waals surface area contributed by atoms with Crippen LogP contribution in [0.15, 0.2) is 24.3 Å². The molecular weight excluding hydrogens is 281 g/mol. The Balaban J connectivity index is 0.00000400. The summed E-state index contributed by atoms with van der Waals surface area (Å²) in [5.74, 6) is -0.392. The Morgan fingerprint density at radius 2 is 1.95 bits per heavy atom. The summed E-state index contributed by atoms with van der Waals surface area (Å²) in [6, 6.07) is 7.50. The van der Waals surface area contributed by atoms with Gasteiger partial charge in [0.2, 0.25) is 0 Å². The second-order valence-electron chi connectivity index (χ2n) is 5.04. The molecule has 0 heterocycles. The van der Waals surface area contributed by atoms with Crippen LogP contribution >= 0.6 is 0 Å². The van der Waals surface area contributed by atoms with Crippen molar-refractivity contribution >= 4 is 5.97 Å². The summed E-state index contributed by atoms with van der Waals surface area (Å²) in [7, 11) is 0. The molecule has 0 saturated heterocycles. The van der Waals surface area contributed by atoms with Gasteiger partial charge in [-0.1, -0.05) is 26.0 Å². The molecule has 0 fully saturated rings. The molecule has 112 valence electrons. The Hall–Kier alpha value is -0.590. The largest absolute Gasteiger partial charge is 1.00 e. The fourth-order valence-corrected chi connectivity index (χ4v) is 1.62. The number of rotatable bonds is 9. The number of aliphatic hydroxyl groups excluding tert-OH is 1. The standard InChI is InChI=1S/C15H23NO4.Na/c1-11(2)16-9-13(17)10-20-14-6-3-12(4-7-14)5-8-15(18)19;/h3-4,6-7,11,13,16-17H,5,8-10H2,1-2H3,(H,18,19);/q;+1/p-1. The number of ether oxygens (including phenoxy) is 1. The van der Waals surface area contributed by atoms with Gasteiger partial charge in [-0.15, -0.1) is 0 Å². The number of aliphatic hydroxyl groups is 1. The molecule has 6 heteroatoms. The number of carbonyl (C=O) groups is 1. The van der Waals surface area contributed by atoms with E-state index in [1.54, 1.807) is 12.1 Å². The number of aryl methyl sites for hydroxylation is 1. The minimum absolute atomic E-state index is 0. The van der Waals surface area contributed by atoms with Gasteiger partial charge in [0.05, 0.1) is 0 Å². The minimum Gasteiger partial charge on any atom is -0.550 e. The van der Waals surface area contributed by atoms with Crippen molar-refractivity contribution < 1.29 is 49.3 Å². The number of aliphatic carboxylic acids is 1. The van der Waals surface area contributed by atoms with Gasteiger partial charge in [-0.25, -0.2) is 0 Å². The summed E-state index contributed by atoms with van der Waals surface area (Å²) in [6.07, 6.45) is -0.0984. The molecule has 0 radical (unpaired) electrons. The first kappa shape index (κ1) is 20.4. The third-order valence-electron chi connectivity index (χ3n) is 2.75. The molecule has 0 aliphatic rings. The van der Waals surface area contributed by atoms with Crippen molar-refractivity contribution in [2.45, 2.75) is 38.8 Å². The Bertz CT molecular complexity index is 409. The third-order valence-corrected chi connectivity index (χ3v) is 2.75. The first-order chi connectivity index (χ1) is 9.47. The van der Waals surface area contributed by atoms with E-state index in [1.165, 1.54) is 0 Å². The molecule has 0 aliphatic carbocycles. The van der Waals surface area contributed by atoms with Gasteiger partial charge in [-0.2, -0.15) is 0 Å². The van der Waals surface area contributed by atoms with E-state index in [0.717, 1.165) is 5.56 Å². The molecule has 1 aromatic rings. The number of hydrogen-bond acceptors (Lipinski definition) is 5. The Morgan fingerprint density at radius 1 is 1.33 bits per heavy atom. The van der Waals surface area contributed by atoms with Crippen LogP contribution in [-0.2, 0) is 11.2 Å². The number of carboxylic acids is 1. The predicted octanol–water partition coefficient (Wildman–Crippen LogP) is -2.89. The number of nitrogens with one attached hydrogen (secondary N) is 1. The first-order valence-electron chi connectivity index (χ1n) is 6.80. The van der Waals surface area contributed by atoms with Crippen LogP contribution in [0.1, 0.15) is 25.8 Å². The summed E-state index contributed by atoms with van der Waals surface area (Å²) in [6.45, 7) is 4.73. The fraction of sp³-hybridized carbons (Fsp3) is 0.533. The van der Waals surface area contributed by atoms with Crippen molar-refractivity contribution in [1.29, 1.82) is 0 Å². The molecule has 1 rings (SSSR count). The van der Waals surface area contributed by atoms with Crippen LogP contribution in [0.2, 0.25) is 0 Å². The topological polar surface area (TPSA) is 81.6 Å². The summed E-state index contributed by atoms with van der Waals surface area (Å²) in [5.41, 5.74) is 0.920. The predicted molar refractivity (Wildman–Crippen MR) is 74.4 cm³/mol. The summed E-state index contributed by atoms with van der Waals surface area (Å²) < 4.78 is 5.46. The second kappa shape index (κ2) is 11.0. The van der Waals surface area contributed by atoms with Gasteiger partial charge in [0.25, 0.3) is 0 Å². The molecule has 1 unspecified atom stereocenters. The Morgan fingerprint density at radius 3 is 2.48 bits per heavy atom. The van der Waals surface area contributed by atoms with Crippen LogP contribution in [0.25, 0.3) is 0 Å². The molecule has 0 spiro atoms. The average Bonchev–Trinajstić information content (AvgIpc) is 2.41. The van der Waals surface area contributed by atoms with Crippen LogP contribution in [0, 0.1) is 0 Å². The maximum Gasteiger partial charge on any atom is 1.00 e. The minimum atomic E-state index is -1.05. The molecule has 0 amide bonds. The molecule has 2 N–H and O–H groups in total. The molecule has 5 nitrogen and oxygen atoms in total. The number of carbonyl (C=O) groups excluding carboxylic acids is 1. The van der Waals surface area contributed by atoms with Gasteiger partial charge in [-0.05, 0) is 30.5 Å².